The Kier molecular flexibility index (Phi) is 7.88. The van der Waals surface area contributed by atoms with Crippen LogP contribution in [0.3, 0.4) is 0 Å². The standard InChI is InChI=1S/C24H35N3O3/c1-3-14-25-23(29)21(26-22(28)20-11-7-4-8-17(20)2)18-12-15-27(16-13-18)24(30)19-9-5-6-10-19/h4,7-8,11,18-19,21H,3,5-6,9-10,12-16H2,1-2H3,(H,25,29)(H,26,28). The van der Waals surface area contributed by atoms with Crippen LogP contribution in [-0.2, 0) is 9.59 Å². The molecule has 6 nitrogen and oxygen atoms in total. The number of hydrogen-bond donors (Lipinski definition) is 2. The zero-order chi connectivity index (χ0) is 21.5. The van der Waals surface area contributed by atoms with Crippen LogP contribution in [0.4, 0.5) is 0 Å². The molecule has 3 rings (SSSR count). The van der Waals surface area contributed by atoms with Gasteiger partial charge < -0.3 is 15.5 Å². The molecule has 0 aromatic heterocycles. The fraction of sp³-hybridized carbons (Fsp3) is 0.625. The summed E-state index contributed by atoms with van der Waals surface area (Å²) in [5.74, 6) is 0.156. The molecule has 164 valence electrons. The fourth-order valence-corrected chi connectivity index (χ4v) is 4.69. The van der Waals surface area contributed by atoms with Gasteiger partial charge in [-0.05, 0) is 56.6 Å². The van der Waals surface area contributed by atoms with Gasteiger partial charge in [-0.2, -0.15) is 0 Å². The van der Waals surface area contributed by atoms with Crippen molar-refractivity contribution < 1.29 is 14.4 Å². The Labute approximate surface area is 179 Å². The number of carbonyl (C=O) groups is 3. The van der Waals surface area contributed by atoms with Crippen molar-refractivity contribution in [1.29, 1.82) is 0 Å². The van der Waals surface area contributed by atoms with Gasteiger partial charge in [0.1, 0.15) is 6.04 Å². The van der Waals surface area contributed by atoms with Crippen LogP contribution in [0.5, 0.6) is 0 Å². The average Bonchev–Trinajstić information content (AvgIpc) is 3.30. The summed E-state index contributed by atoms with van der Waals surface area (Å²) < 4.78 is 0. The van der Waals surface area contributed by atoms with Crippen molar-refractivity contribution in [3.05, 3.63) is 35.4 Å². The quantitative estimate of drug-likeness (QED) is 0.721. The second-order valence-electron chi connectivity index (χ2n) is 8.70. The average molecular weight is 414 g/mol. The third-order valence-electron chi connectivity index (χ3n) is 6.54. The summed E-state index contributed by atoms with van der Waals surface area (Å²) in [5.41, 5.74) is 1.49. The van der Waals surface area contributed by atoms with E-state index in [1.54, 1.807) is 6.07 Å². The summed E-state index contributed by atoms with van der Waals surface area (Å²) >= 11 is 0. The highest BCUT2D eigenvalue weighted by molar-refractivity contribution is 5.98. The zero-order valence-electron chi connectivity index (χ0n) is 18.3. The number of amides is 3. The molecule has 1 aromatic carbocycles. The number of carbonyl (C=O) groups excluding carboxylic acids is 3. The first-order valence-electron chi connectivity index (χ1n) is 11.4. The van der Waals surface area contributed by atoms with Gasteiger partial charge in [0, 0.05) is 31.1 Å². The molecular formula is C24H35N3O3. The maximum atomic E-state index is 12.9. The minimum Gasteiger partial charge on any atom is -0.354 e. The number of nitrogens with one attached hydrogen (secondary N) is 2. The van der Waals surface area contributed by atoms with Gasteiger partial charge in [-0.15, -0.1) is 0 Å². The summed E-state index contributed by atoms with van der Waals surface area (Å²) in [7, 11) is 0. The van der Waals surface area contributed by atoms with Gasteiger partial charge in [0.2, 0.25) is 11.8 Å². The number of nitrogens with zero attached hydrogens (tertiary/aromatic N) is 1. The molecule has 0 radical (unpaired) electrons. The number of rotatable bonds is 7. The SMILES string of the molecule is CCCNC(=O)C(NC(=O)c1ccccc1C)C1CCN(C(=O)C2CCCC2)CC1. The van der Waals surface area contributed by atoms with Gasteiger partial charge in [0.25, 0.3) is 5.91 Å². The molecule has 6 heteroatoms. The van der Waals surface area contributed by atoms with E-state index < -0.39 is 6.04 Å². The molecule has 3 amide bonds. The first kappa shape index (κ1) is 22.3. The van der Waals surface area contributed by atoms with E-state index in [9.17, 15) is 14.4 Å². The van der Waals surface area contributed by atoms with E-state index >= 15 is 0 Å². The predicted molar refractivity (Wildman–Crippen MR) is 117 cm³/mol. The van der Waals surface area contributed by atoms with Crippen molar-refractivity contribution >= 4 is 17.7 Å². The molecule has 1 saturated heterocycles. The van der Waals surface area contributed by atoms with Crippen molar-refractivity contribution in [3.63, 3.8) is 0 Å². The number of aryl methyl sites for hydroxylation is 1. The molecule has 1 unspecified atom stereocenters. The third-order valence-corrected chi connectivity index (χ3v) is 6.54. The van der Waals surface area contributed by atoms with Crippen LogP contribution in [0.1, 0.15) is 67.8 Å². The van der Waals surface area contributed by atoms with Gasteiger partial charge in [0.15, 0.2) is 0 Å². The van der Waals surface area contributed by atoms with Crippen LogP contribution < -0.4 is 10.6 Å². The summed E-state index contributed by atoms with van der Waals surface area (Å²) in [6.07, 6.45) is 6.63. The van der Waals surface area contributed by atoms with Crippen LogP contribution >= 0.6 is 0 Å². The maximum Gasteiger partial charge on any atom is 0.252 e. The van der Waals surface area contributed by atoms with E-state index in [2.05, 4.69) is 10.6 Å². The van der Waals surface area contributed by atoms with Crippen molar-refractivity contribution in [2.75, 3.05) is 19.6 Å². The molecule has 1 aliphatic heterocycles. The molecule has 1 aromatic rings. The van der Waals surface area contributed by atoms with Crippen molar-refractivity contribution in [2.24, 2.45) is 11.8 Å². The van der Waals surface area contributed by atoms with Crippen LogP contribution in [0, 0.1) is 18.8 Å². The van der Waals surface area contributed by atoms with Gasteiger partial charge in [-0.1, -0.05) is 38.0 Å². The molecule has 1 aliphatic carbocycles. The molecule has 1 atom stereocenters. The summed E-state index contributed by atoms with van der Waals surface area (Å²) in [5, 5.41) is 5.94. The van der Waals surface area contributed by atoms with Gasteiger partial charge in [-0.3, -0.25) is 14.4 Å². The van der Waals surface area contributed by atoms with Gasteiger partial charge in [-0.25, -0.2) is 0 Å². The normalized spacial score (nSPS) is 18.8. The number of likely N-dealkylation sites (tertiary alicyclic amines) is 1. The largest absolute Gasteiger partial charge is 0.354 e. The first-order valence-corrected chi connectivity index (χ1v) is 11.4. The molecule has 2 fully saturated rings. The van der Waals surface area contributed by atoms with Crippen LogP contribution in [-0.4, -0.2) is 48.3 Å². The molecule has 2 N–H and O–H groups in total. The lowest BCUT2D eigenvalue weighted by Gasteiger charge is -2.37. The summed E-state index contributed by atoms with van der Waals surface area (Å²) in [6.45, 7) is 5.83. The van der Waals surface area contributed by atoms with Crippen molar-refractivity contribution in [2.45, 2.75) is 64.8 Å². The zero-order valence-corrected chi connectivity index (χ0v) is 18.3. The highest BCUT2D eigenvalue weighted by Crippen LogP contribution is 2.29. The lowest BCUT2D eigenvalue weighted by Crippen LogP contribution is -2.54. The first-order chi connectivity index (χ1) is 14.5. The maximum absolute atomic E-state index is 12.9. The van der Waals surface area contributed by atoms with Crippen LogP contribution in [0.25, 0.3) is 0 Å². The lowest BCUT2D eigenvalue weighted by molar-refractivity contribution is -0.137. The van der Waals surface area contributed by atoms with E-state index in [1.165, 1.54) is 0 Å². The Balaban J connectivity index is 1.65. The minimum atomic E-state index is -0.576. The molecular weight excluding hydrogens is 378 g/mol. The van der Waals surface area contributed by atoms with Crippen LogP contribution in [0.15, 0.2) is 24.3 Å². The van der Waals surface area contributed by atoms with Crippen molar-refractivity contribution in [3.8, 4) is 0 Å². The third kappa shape index (κ3) is 5.41. The molecule has 0 spiro atoms. The monoisotopic (exact) mass is 413 g/mol. The smallest absolute Gasteiger partial charge is 0.252 e. The topological polar surface area (TPSA) is 78.5 Å². The van der Waals surface area contributed by atoms with Gasteiger partial charge >= 0.3 is 0 Å². The highest BCUT2D eigenvalue weighted by Gasteiger charge is 2.35. The Hall–Kier alpha value is -2.37. The summed E-state index contributed by atoms with van der Waals surface area (Å²) in [4.78, 5) is 40.5. The minimum absolute atomic E-state index is 0.0300. The Morgan fingerprint density at radius 2 is 1.73 bits per heavy atom. The van der Waals surface area contributed by atoms with E-state index in [-0.39, 0.29) is 29.6 Å². The van der Waals surface area contributed by atoms with Crippen LogP contribution in [0.2, 0.25) is 0 Å². The number of piperidine rings is 1. The molecule has 1 saturated carbocycles. The van der Waals surface area contributed by atoms with Crippen molar-refractivity contribution in [1.82, 2.24) is 15.5 Å². The number of benzene rings is 1. The highest BCUT2D eigenvalue weighted by atomic mass is 16.2. The molecule has 0 bridgehead atoms. The van der Waals surface area contributed by atoms with E-state index in [1.807, 2.05) is 36.9 Å². The van der Waals surface area contributed by atoms with Gasteiger partial charge in [0.05, 0.1) is 0 Å². The Bertz CT molecular complexity index is 750. The van der Waals surface area contributed by atoms with E-state index in [4.69, 9.17) is 0 Å². The second kappa shape index (κ2) is 10.6. The van der Waals surface area contributed by atoms with E-state index in [0.717, 1.165) is 50.5 Å². The second-order valence-corrected chi connectivity index (χ2v) is 8.70. The molecule has 2 aliphatic rings. The lowest BCUT2D eigenvalue weighted by atomic mass is 9.87. The Morgan fingerprint density at radius 3 is 2.37 bits per heavy atom. The molecule has 30 heavy (non-hydrogen) atoms. The predicted octanol–water partition coefficient (Wildman–Crippen LogP) is 3.05. The molecule has 1 heterocycles. The number of hydrogen-bond acceptors (Lipinski definition) is 3. The summed E-state index contributed by atoms with van der Waals surface area (Å²) in [6, 6.07) is 6.84. The van der Waals surface area contributed by atoms with E-state index in [0.29, 0.717) is 25.2 Å². The Morgan fingerprint density at radius 1 is 1.07 bits per heavy atom. The fourth-order valence-electron chi connectivity index (χ4n) is 4.69.